The van der Waals surface area contributed by atoms with Crippen molar-refractivity contribution in [1.82, 2.24) is 5.01 Å². The highest BCUT2D eigenvalue weighted by Crippen LogP contribution is 2.18. The van der Waals surface area contributed by atoms with Crippen molar-refractivity contribution in [3.63, 3.8) is 0 Å². The molecule has 1 aromatic carbocycles. The van der Waals surface area contributed by atoms with E-state index in [1.54, 1.807) is 38.4 Å². The van der Waals surface area contributed by atoms with Gasteiger partial charge in [0.25, 0.3) is 5.91 Å². The highest BCUT2D eigenvalue weighted by atomic mass is 16.1. The Morgan fingerprint density at radius 3 is 2.57 bits per heavy atom. The Balaban J connectivity index is 3.02. The molecule has 5 heteroatoms. The standard InChI is InChI=1S/C9H12N4O/c1-13(2)12-11-8-6-4-3-5-7(8)9(10)14/h3-6H,1-2H3,(H2,10,14). The van der Waals surface area contributed by atoms with Gasteiger partial charge in [-0.25, -0.2) is 0 Å². The largest absolute Gasteiger partial charge is 0.366 e. The number of primary amides is 1. The average molecular weight is 192 g/mol. The molecular formula is C9H12N4O. The predicted octanol–water partition coefficient (Wildman–Crippen LogP) is 1.35. The third-order valence-electron chi connectivity index (χ3n) is 1.50. The van der Waals surface area contributed by atoms with Gasteiger partial charge in [0.1, 0.15) is 5.69 Å². The smallest absolute Gasteiger partial charge is 0.250 e. The molecule has 1 rings (SSSR count). The Hall–Kier alpha value is -1.91. The van der Waals surface area contributed by atoms with Gasteiger partial charge >= 0.3 is 0 Å². The van der Waals surface area contributed by atoms with Crippen molar-refractivity contribution < 1.29 is 4.79 Å². The second-order valence-electron chi connectivity index (χ2n) is 2.92. The topological polar surface area (TPSA) is 71.1 Å². The van der Waals surface area contributed by atoms with Gasteiger partial charge in [-0.1, -0.05) is 17.4 Å². The molecule has 0 saturated carbocycles. The van der Waals surface area contributed by atoms with Crippen LogP contribution in [0.15, 0.2) is 34.6 Å². The summed E-state index contributed by atoms with van der Waals surface area (Å²) in [6, 6.07) is 6.81. The van der Waals surface area contributed by atoms with E-state index in [1.807, 2.05) is 0 Å². The van der Waals surface area contributed by atoms with Gasteiger partial charge in [0, 0.05) is 14.1 Å². The first-order chi connectivity index (χ1) is 6.61. The van der Waals surface area contributed by atoms with Crippen LogP contribution < -0.4 is 5.73 Å². The number of carbonyl (C=O) groups is 1. The summed E-state index contributed by atoms with van der Waals surface area (Å²) in [5, 5.41) is 9.20. The van der Waals surface area contributed by atoms with E-state index in [0.29, 0.717) is 11.3 Å². The molecule has 0 atom stereocenters. The van der Waals surface area contributed by atoms with E-state index in [4.69, 9.17) is 5.73 Å². The Morgan fingerprint density at radius 1 is 1.36 bits per heavy atom. The molecule has 0 fully saturated rings. The molecule has 0 spiro atoms. The lowest BCUT2D eigenvalue weighted by Gasteiger charge is -2.02. The quantitative estimate of drug-likeness (QED) is 0.580. The van der Waals surface area contributed by atoms with E-state index in [1.165, 1.54) is 5.01 Å². The van der Waals surface area contributed by atoms with Crippen LogP contribution in [0.1, 0.15) is 10.4 Å². The van der Waals surface area contributed by atoms with Crippen molar-refractivity contribution in [2.24, 2.45) is 16.1 Å². The van der Waals surface area contributed by atoms with Crippen LogP contribution in [0.5, 0.6) is 0 Å². The minimum atomic E-state index is -0.502. The van der Waals surface area contributed by atoms with E-state index in [0.717, 1.165) is 0 Å². The maximum absolute atomic E-state index is 11.0. The van der Waals surface area contributed by atoms with E-state index >= 15 is 0 Å². The first-order valence-electron chi connectivity index (χ1n) is 4.09. The lowest BCUT2D eigenvalue weighted by Crippen LogP contribution is -2.10. The van der Waals surface area contributed by atoms with Crippen molar-refractivity contribution >= 4 is 11.6 Å². The van der Waals surface area contributed by atoms with E-state index in [-0.39, 0.29) is 0 Å². The lowest BCUT2D eigenvalue weighted by atomic mass is 10.2. The molecule has 0 bridgehead atoms. The summed E-state index contributed by atoms with van der Waals surface area (Å²) in [4.78, 5) is 11.0. The van der Waals surface area contributed by atoms with Crippen LogP contribution >= 0.6 is 0 Å². The second kappa shape index (κ2) is 4.36. The number of nitrogens with zero attached hydrogens (tertiary/aromatic N) is 3. The summed E-state index contributed by atoms with van der Waals surface area (Å²) in [6.07, 6.45) is 0. The van der Waals surface area contributed by atoms with Crippen molar-refractivity contribution in [2.45, 2.75) is 0 Å². The van der Waals surface area contributed by atoms with Crippen LogP contribution in [0, 0.1) is 0 Å². The third-order valence-corrected chi connectivity index (χ3v) is 1.50. The molecule has 74 valence electrons. The molecule has 2 N–H and O–H groups in total. The fourth-order valence-electron chi connectivity index (χ4n) is 0.907. The van der Waals surface area contributed by atoms with Crippen molar-refractivity contribution in [1.29, 1.82) is 0 Å². The van der Waals surface area contributed by atoms with Gasteiger partial charge in [-0.15, -0.1) is 5.11 Å². The van der Waals surface area contributed by atoms with Gasteiger partial charge in [0.2, 0.25) is 0 Å². The van der Waals surface area contributed by atoms with Gasteiger partial charge in [0.15, 0.2) is 0 Å². The van der Waals surface area contributed by atoms with Gasteiger partial charge in [0.05, 0.1) is 5.56 Å². The number of hydrogen-bond acceptors (Lipinski definition) is 3. The molecule has 1 amide bonds. The Morgan fingerprint density at radius 2 is 2.00 bits per heavy atom. The van der Waals surface area contributed by atoms with Crippen LogP contribution in [-0.4, -0.2) is 25.0 Å². The summed E-state index contributed by atoms with van der Waals surface area (Å²) in [7, 11) is 3.49. The van der Waals surface area contributed by atoms with Gasteiger partial charge in [-0.2, -0.15) is 0 Å². The van der Waals surface area contributed by atoms with Crippen LogP contribution in [-0.2, 0) is 0 Å². The normalized spacial score (nSPS) is 10.4. The number of benzene rings is 1. The Kier molecular flexibility index (Phi) is 3.17. The molecule has 0 aliphatic rings. The van der Waals surface area contributed by atoms with Gasteiger partial charge in [-0.3, -0.25) is 9.80 Å². The van der Waals surface area contributed by atoms with Crippen molar-refractivity contribution in [3.05, 3.63) is 29.8 Å². The van der Waals surface area contributed by atoms with Crippen molar-refractivity contribution in [2.75, 3.05) is 14.1 Å². The third kappa shape index (κ3) is 2.55. The highest BCUT2D eigenvalue weighted by Gasteiger charge is 2.05. The van der Waals surface area contributed by atoms with E-state index in [9.17, 15) is 4.79 Å². The highest BCUT2D eigenvalue weighted by molar-refractivity contribution is 5.97. The van der Waals surface area contributed by atoms with Crippen LogP contribution in [0.3, 0.4) is 0 Å². The van der Waals surface area contributed by atoms with E-state index in [2.05, 4.69) is 10.3 Å². The van der Waals surface area contributed by atoms with Gasteiger partial charge < -0.3 is 5.73 Å². The van der Waals surface area contributed by atoms with Gasteiger partial charge in [-0.05, 0) is 12.1 Å². The number of carbonyl (C=O) groups excluding carboxylic acids is 1. The molecule has 0 unspecified atom stereocenters. The zero-order valence-corrected chi connectivity index (χ0v) is 8.14. The minimum absolute atomic E-state index is 0.373. The molecule has 0 aliphatic carbocycles. The molecule has 1 aromatic rings. The van der Waals surface area contributed by atoms with Crippen LogP contribution in [0.25, 0.3) is 0 Å². The molecule has 0 saturated heterocycles. The molecule has 0 heterocycles. The zero-order valence-electron chi connectivity index (χ0n) is 8.14. The molecule has 0 aromatic heterocycles. The summed E-state index contributed by atoms with van der Waals surface area (Å²) in [5.41, 5.74) is 6.02. The maximum atomic E-state index is 11.0. The fraction of sp³-hybridized carbons (Fsp3) is 0.222. The summed E-state index contributed by atoms with van der Waals surface area (Å²) in [5.74, 6) is -0.502. The molecule has 0 aliphatic heterocycles. The van der Waals surface area contributed by atoms with Crippen LogP contribution in [0.2, 0.25) is 0 Å². The Labute approximate surface area is 82.2 Å². The first kappa shape index (κ1) is 10.2. The molecular weight excluding hydrogens is 180 g/mol. The summed E-state index contributed by atoms with van der Waals surface area (Å²) < 4.78 is 0. The van der Waals surface area contributed by atoms with Crippen LogP contribution in [0.4, 0.5) is 5.69 Å². The lowest BCUT2D eigenvalue weighted by molar-refractivity contribution is 0.100. The Bertz CT molecular complexity index is 360. The predicted molar refractivity (Wildman–Crippen MR) is 53.2 cm³/mol. The molecule has 5 nitrogen and oxygen atoms in total. The fourth-order valence-corrected chi connectivity index (χ4v) is 0.907. The SMILES string of the molecule is CN(C)N=Nc1ccccc1C(N)=O. The minimum Gasteiger partial charge on any atom is -0.366 e. The second-order valence-corrected chi connectivity index (χ2v) is 2.92. The maximum Gasteiger partial charge on any atom is 0.250 e. The van der Waals surface area contributed by atoms with Crippen molar-refractivity contribution in [3.8, 4) is 0 Å². The number of hydrogen-bond donors (Lipinski definition) is 1. The number of amides is 1. The zero-order chi connectivity index (χ0) is 10.6. The number of nitrogens with two attached hydrogens (primary N) is 1. The molecule has 14 heavy (non-hydrogen) atoms. The first-order valence-corrected chi connectivity index (χ1v) is 4.09. The average Bonchev–Trinajstić information content (AvgIpc) is 2.15. The number of rotatable bonds is 3. The summed E-state index contributed by atoms with van der Waals surface area (Å²) in [6.45, 7) is 0. The summed E-state index contributed by atoms with van der Waals surface area (Å²) >= 11 is 0. The monoisotopic (exact) mass is 192 g/mol. The molecule has 0 radical (unpaired) electrons. The van der Waals surface area contributed by atoms with E-state index < -0.39 is 5.91 Å².